The molecule has 0 radical (unpaired) electrons. The highest BCUT2D eigenvalue weighted by atomic mass is 35.5. The van der Waals surface area contributed by atoms with Crippen molar-refractivity contribution in [2.24, 2.45) is 0 Å². The van der Waals surface area contributed by atoms with Crippen LogP contribution in [-0.2, 0) is 9.53 Å². The van der Waals surface area contributed by atoms with Gasteiger partial charge in [-0.1, -0.05) is 52.0 Å². The highest BCUT2D eigenvalue weighted by molar-refractivity contribution is 6.44. The van der Waals surface area contributed by atoms with E-state index in [1.807, 2.05) is 19.9 Å². The van der Waals surface area contributed by atoms with Crippen LogP contribution in [-0.4, -0.2) is 18.5 Å². The summed E-state index contributed by atoms with van der Waals surface area (Å²) < 4.78 is 5.01. The van der Waals surface area contributed by atoms with E-state index in [2.05, 4.69) is 5.32 Å². The largest absolute Gasteiger partial charge is 0.452 e. The predicted molar refractivity (Wildman–Crippen MR) is 96.3 cm³/mol. The van der Waals surface area contributed by atoms with Gasteiger partial charge in [-0.2, -0.15) is 0 Å². The fraction of sp³-hybridized carbons (Fsp3) is 0.176. The number of nitrogens with one attached hydrogen (secondary N) is 1. The fourth-order valence-electron chi connectivity index (χ4n) is 2.11. The van der Waals surface area contributed by atoms with Crippen LogP contribution < -0.4 is 5.32 Å². The van der Waals surface area contributed by atoms with Crippen molar-refractivity contribution in [1.29, 1.82) is 0 Å². The zero-order valence-corrected chi connectivity index (χ0v) is 15.2. The van der Waals surface area contributed by atoms with E-state index in [0.717, 1.165) is 11.1 Å². The molecule has 0 aromatic heterocycles. The Morgan fingerprint density at radius 2 is 1.50 bits per heavy atom. The Bertz CT molecular complexity index is 786. The molecule has 0 atom stereocenters. The summed E-state index contributed by atoms with van der Waals surface area (Å²) in [6, 6.07) is 8.18. The molecule has 126 valence electrons. The number of anilines is 1. The summed E-state index contributed by atoms with van der Waals surface area (Å²) in [6.07, 6.45) is 0. The average molecular weight is 387 g/mol. The molecule has 24 heavy (non-hydrogen) atoms. The third kappa shape index (κ3) is 4.87. The van der Waals surface area contributed by atoms with E-state index >= 15 is 0 Å². The molecule has 0 aliphatic carbocycles. The minimum absolute atomic E-state index is 0.235. The number of benzene rings is 2. The Hall–Kier alpha value is -1.75. The van der Waals surface area contributed by atoms with Crippen molar-refractivity contribution in [3.8, 4) is 0 Å². The number of hydrogen-bond donors (Lipinski definition) is 1. The van der Waals surface area contributed by atoms with Crippen molar-refractivity contribution in [1.82, 2.24) is 0 Å². The summed E-state index contributed by atoms with van der Waals surface area (Å²) in [5.41, 5.74) is 2.56. The lowest BCUT2D eigenvalue weighted by molar-refractivity contribution is -0.119. The van der Waals surface area contributed by atoms with Gasteiger partial charge in [0.25, 0.3) is 5.91 Å². The Kier molecular flexibility index (Phi) is 6.10. The van der Waals surface area contributed by atoms with E-state index in [1.54, 1.807) is 12.1 Å². The van der Waals surface area contributed by atoms with Crippen LogP contribution in [0.4, 0.5) is 5.69 Å². The van der Waals surface area contributed by atoms with Crippen molar-refractivity contribution >= 4 is 52.4 Å². The quantitative estimate of drug-likeness (QED) is 0.590. The number of amides is 1. The standard InChI is InChI=1S/C17H14Cl3NO3/c1-9-3-10(2)5-11(4-9)17(23)24-8-16(22)21-15-7-13(19)12(18)6-14(15)20/h3-7H,8H2,1-2H3,(H,21,22). The second kappa shape index (κ2) is 7.88. The molecule has 2 aromatic rings. The first-order valence-corrected chi connectivity index (χ1v) is 8.09. The van der Waals surface area contributed by atoms with Gasteiger partial charge < -0.3 is 10.1 Å². The van der Waals surface area contributed by atoms with E-state index in [-0.39, 0.29) is 15.1 Å². The molecule has 4 nitrogen and oxygen atoms in total. The number of halogens is 3. The first kappa shape index (κ1) is 18.6. The van der Waals surface area contributed by atoms with Crippen LogP contribution in [0.3, 0.4) is 0 Å². The summed E-state index contributed by atoms with van der Waals surface area (Å²) in [6.45, 7) is 3.31. The molecule has 0 saturated carbocycles. The number of carbonyl (C=O) groups is 2. The fourth-order valence-corrected chi connectivity index (χ4v) is 2.71. The van der Waals surface area contributed by atoms with Gasteiger partial charge in [-0.25, -0.2) is 4.79 Å². The second-order valence-corrected chi connectivity index (χ2v) is 6.47. The third-order valence-corrected chi connectivity index (χ3v) is 4.11. The molecule has 0 unspecified atom stereocenters. The first-order chi connectivity index (χ1) is 11.3. The van der Waals surface area contributed by atoms with Crippen LogP contribution in [0.15, 0.2) is 30.3 Å². The maximum absolute atomic E-state index is 12.0. The molecule has 1 amide bonds. The minimum Gasteiger partial charge on any atom is -0.452 e. The van der Waals surface area contributed by atoms with Crippen LogP contribution in [0.1, 0.15) is 21.5 Å². The maximum Gasteiger partial charge on any atom is 0.338 e. The second-order valence-electron chi connectivity index (χ2n) is 5.25. The van der Waals surface area contributed by atoms with Gasteiger partial charge in [0.1, 0.15) is 0 Å². The molecule has 0 bridgehead atoms. The molecule has 0 saturated heterocycles. The van der Waals surface area contributed by atoms with Crippen LogP contribution in [0.25, 0.3) is 0 Å². The van der Waals surface area contributed by atoms with Crippen molar-refractivity contribution < 1.29 is 14.3 Å². The lowest BCUT2D eigenvalue weighted by atomic mass is 10.1. The van der Waals surface area contributed by atoms with Crippen molar-refractivity contribution in [3.63, 3.8) is 0 Å². The van der Waals surface area contributed by atoms with Gasteiger partial charge >= 0.3 is 5.97 Å². The average Bonchev–Trinajstić information content (AvgIpc) is 2.49. The van der Waals surface area contributed by atoms with E-state index in [4.69, 9.17) is 39.5 Å². The summed E-state index contributed by atoms with van der Waals surface area (Å²) in [5.74, 6) is -1.11. The number of ether oxygens (including phenoxy) is 1. The zero-order valence-electron chi connectivity index (χ0n) is 13.0. The normalized spacial score (nSPS) is 10.4. The van der Waals surface area contributed by atoms with Gasteiger partial charge in [0.05, 0.1) is 26.3 Å². The third-order valence-electron chi connectivity index (χ3n) is 3.08. The number of esters is 1. The van der Waals surface area contributed by atoms with Gasteiger partial charge in [-0.05, 0) is 38.1 Å². The molecule has 0 aliphatic rings. The predicted octanol–water partition coefficient (Wildman–Crippen LogP) is 5.06. The lowest BCUT2D eigenvalue weighted by Crippen LogP contribution is -2.21. The molecule has 0 aliphatic heterocycles. The molecule has 0 spiro atoms. The first-order valence-electron chi connectivity index (χ1n) is 6.96. The molecular formula is C17H14Cl3NO3. The van der Waals surface area contributed by atoms with E-state index in [9.17, 15) is 9.59 Å². The van der Waals surface area contributed by atoms with Crippen LogP contribution in [0, 0.1) is 13.8 Å². The highest BCUT2D eigenvalue weighted by Gasteiger charge is 2.13. The molecule has 2 aromatic carbocycles. The molecule has 0 heterocycles. The molecule has 1 N–H and O–H groups in total. The van der Waals surface area contributed by atoms with Crippen molar-refractivity contribution in [2.45, 2.75) is 13.8 Å². The molecular weight excluding hydrogens is 373 g/mol. The van der Waals surface area contributed by atoms with Crippen LogP contribution >= 0.6 is 34.8 Å². The number of rotatable bonds is 4. The number of hydrogen-bond acceptors (Lipinski definition) is 3. The summed E-state index contributed by atoms with van der Waals surface area (Å²) in [4.78, 5) is 23.9. The minimum atomic E-state index is -0.572. The summed E-state index contributed by atoms with van der Waals surface area (Å²) in [7, 11) is 0. The van der Waals surface area contributed by atoms with E-state index < -0.39 is 18.5 Å². The SMILES string of the molecule is Cc1cc(C)cc(C(=O)OCC(=O)Nc2cc(Cl)c(Cl)cc2Cl)c1. The van der Waals surface area contributed by atoms with E-state index in [1.165, 1.54) is 12.1 Å². The monoisotopic (exact) mass is 385 g/mol. The Labute approximate surface area is 154 Å². The topological polar surface area (TPSA) is 55.4 Å². The lowest BCUT2D eigenvalue weighted by Gasteiger charge is -2.10. The summed E-state index contributed by atoms with van der Waals surface area (Å²) in [5, 5.41) is 3.28. The Morgan fingerprint density at radius 3 is 2.12 bits per heavy atom. The Balaban J connectivity index is 1.98. The molecule has 2 rings (SSSR count). The van der Waals surface area contributed by atoms with Crippen LogP contribution in [0.2, 0.25) is 15.1 Å². The summed E-state index contributed by atoms with van der Waals surface area (Å²) >= 11 is 17.7. The number of aryl methyl sites for hydroxylation is 2. The van der Waals surface area contributed by atoms with Gasteiger partial charge in [0, 0.05) is 0 Å². The van der Waals surface area contributed by atoms with Gasteiger partial charge in [0.2, 0.25) is 0 Å². The van der Waals surface area contributed by atoms with Crippen molar-refractivity contribution in [2.75, 3.05) is 11.9 Å². The maximum atomic E-state index is 12.0. The van der Waals surface area contributed by atoms with Gasteiger partial charge in [-0.15, -0.1) is 0 Å². The Morgan fingerprint density at radius 1 is 0.917 bits per heavy atom. The highest BCUT2D eigenvalue weighted by Crippen LogP contribution is 2.32. The van der Waals surface area contributed by atoms with Crippen LogP contribution in [0.5, 0.6) is 0 Å². The molecule has 7 heteroatoms. The molecule has 0 fully saturated rings. The van der Waals surface area contributed by atoms with E-state index in [0.29, 0.717) is 11.3 Å². The van der Waals surface area contributed by atoms with Crippen molar-refractivity contribution in [3.05, 3.63) is 62.1 Å². The van der Waals surface area contributed by atoms with Gasteiger partial charge in [-0.3, -0.25) is 4.79 Å². The number of carbonyl (C=O) groups excluding carboxylic acids is 2. The zero-order chi connectivity index (χ0) is 17.9. The smallest absolute Gasteiger partial charge is 0.338 e. The van der Waals surface area contributed by atoms with Gasteiger partial charge in [0.15, 0.2) is 6.61 Å².